The van der Waals surface area contributed by atoms with Crippen molar-refractivity contribution in [2.45, 2.75) is 44.4 Å². The van der Waals surface area contributed by atoms with E-state index < -0.39 is 0 Å². The molecule has 3 rings (SSSR count). The molecule has 15 heavy (non-hydrogen) atoms. The topological polar surface area (TPSA) is 24.9 Å². The van der Waals surface area contributed by atoms with E-state index in [2.05, 4.69) is 24.4 Å². The van der Waals surface area contributed by atoms with Gasteiger partial charge in [-0.1, -0.05) is 19.3 Å². The summed E-state index contributed by atoms with van der Waals surface area (Å²) in [5.74, 6) is 0. The lowest BCUT2D eigenvalue weighted by molar-refractivity contribution is 0.312. The lowest BCUT2D eigenvalue weighted by Gasteiger charge is -2.32. The van der Waals surface area contributed by atoms with Crippen molar-refractivity contribution in [1.82, 2.24) is 4.98 Å². The van der Waals surface area contributed by atoms with Gasteiger partial charge >= 0.3 is 0 Å². The molecule has 1 aromatic rings. The smallest absolute Gasteiger partial charge is 0.0717 e. The molecule has 0 unspecified atom stereocenters. The predicted molar refractivity (Wildman–Crippen MR) is 62.2 cm³/mol. The van der Waals surface area contributed by atoms with Gasteiger partial charge in [0, 0.05) is 17.7 Å². The Balaban J connectivity index is 2.05. The van der Waals surface area contributed by atoms with Crippen molar-refractivity contribution in [3.05, 3.63) is 23.5 Å². The minimum Gasteiger partial charge on any atom is -0.383 e. The first-order valence-corrected chi connectivity index (χ1v) is 6.02. The third kappa shape index (κ3) is 1.35. The number of anilines is 1. The lowest BCUT2D eigenvalue weighted by atomic mass is 9.73. The summed E-state index contributed by atoms with van der Waals surface area (Å²) in [6, 6.07) is 4.30. The van der Waals surface area contributed by atoms with E-state index in [9.17, 15) is 0 Å². The quantitative estimate of drug-likeness (QED) is 0.699. The fraction of sp³-hybridized carbons (Fsp3) is 0.615. The molecule has 2 nitrogen and oxygen atoms in total. The number of pyridine rings is 1. The molecule has 1 aliphatic carbocycles. The normalized spacial score (nSPS) is 22.5. The Kier molecular flexibility index (Phi) is 1.98. The molecule has 0 atom stereocenters. The molecule has 0 amide bonds. The number of fused-ring (bicyclic) bond motifs is 2. The van der Waals surface area contributed by atoms with Crippen LogP contribution in [0.25, 0.3) is 0 Å². The molecule has 1 N–H and O–H groups in total. The standard InChI is InChI=1S/C13H18N2/c1-10-5-6-11-12(15-10)13(9-14-11)7-3-2-4-8-13/h5-6,14H,2-4,7-9H2,1H3. The van der Waals surface area contributed by atoms with Gasteiger partial charge in [-0.05, 0) is 31.9 Å². The maximum absolute atomic E-state index is 4.77. The Bertz CT molecular complexity index is 373. The monoisotopic (exact) mass is 202 g/mol. The SMILES string of the molecule is Cc1ccc2c(n1)C1(CCCCC1)CN2. The number of hydrogen-bond donors (Lipinski definition) is 1. The molecule has 0 saturated heterocycles. The van der Waals surface area contributed by atoms with Crippen molar-refractivity contribution in [1.29, 1.82) is 0 Å². The van der Waals surface area contributed by atoms with Gasteiger partial charge in [0.15, 0.2) is 0 Å². The Morgan fingerprint density at radius 2 is 2.00 bits per heavy atom. The molecule has 1 spiro atoms. The van der Waals surface area contributed by atoms with E-state index in [1.165, 1.54) is 43.5 Å². The van der Waals surface area contributed by atoms with E-state index in [1.807, 2.05) is 0 Å². The van der Waals surface area contributed by atoms with Crippen molar-refractivity contribution in [2.24, 2.45) is 0 Å². The second-order valence-corrected chi connectivity index (χ2v) is 5.04. The van der Waals surface area contributed by atoms with Crippen LogP contribution in [-0.2, 0) is 5.41 Å². The molecule has 1 fully saturated rings. The molecule has 1 aromatic heterocycles. The highest BCUT2D eigenvalue weighted by molar-refractivity contribution is 5.57. The number of nitrogens with one attached hydrogen (secondary N) is 1. The van der Waals surface area contributed by atoms with Crippen molar-refractivity contribution < 1.29 is 0 Å². The number of hydrogen-bond acceptors (Lipinski definition) is 2. The minimum atomic E-state index is 0.375. The maximum Gasteiger partial charge on any atom is 0.0717 e. The summed E-state index contributed by atoms with van der Waals surface area (Å²) < 4.78 is 0. The first kappa shape index (κ1) is 9.20. The van der Waals surface area contributed by atoms with Crippen molar-refractivity contribution in [2.75, 3.05) is 11.9 Å². The average Bonchev–Trinajstić information content (AvgIpc) is 2.59. The fourth-order valence-electron chi connectivity index (χ4n) is 3.09. The van der Waals surface area contributed by atoms with Crippen LogP contribution in [0.2, 0.25) is 0 Å². The van der Waals surface area contributed by atoms with Crippen LogP contribution in [0.1, 0.15) is 43.5 Å². The van der Waals surface area contributed by atoms with E-state index in [4.69, 9.17) is 4.98 Å². The number of aromatic nitrogens is 1. The van der Waals surface area contributed by atoms with E-state index in [0.717, 1.165) is 12.2 Å². The third-order valence-electron chi connectivity index (χ3n) is 3.96. The van der Waals surface area contributed by atoms with E-state index in [-0.39, 0.29) is 0 Å². The molecular weight excluding hydrogens is 184 g/mol. The molecule has 2 aliphatic rings. The lowest BCUT2D eigenvalue weighted by Crippen LogP contribution is -2.31. The van der Waals surface area contributed by atoms with Crippen LogP contribution >= 0.6 is 0 Å². The van der Waals surface area contributed by atoms with E-state index in [1.54, 1.807) is 0 Å². The van der Waals surface area contributed by atoms with Gasteiger partial charge in [-0.25, -0.2) is 0 Å². The molecule has 2 heterocycles. The number of nitrogens with zero attached hydrogens (tertiary/aromatic N) is 1. The highest BCUT2D eigenvalue weighted by atomic mass is 15.0. The van der Waals surface area contributed by atoms with Crippen LogP contribution in [0.5, 0.6) is 0 Å². The molecule has 0 bridgehead atoms. The molecule has 2 heteroatoms. The van der Waals surface area contributed by atoms with Crippen molar-refractivity contribution in [3.8, 4) is 0 Å². The summed E-state index contributed by atoms with van der Waals surface area (Å²) >= 11 is 0. The Hall–Kier alpha value is -1.05. The van der Waals surface area contributed by atoms with Crippen molar-refractivity contribution in [3.63, 3.8) is 0 Å². The van der Waals surface area contributed by atoms with Crippen LogP contribution < -0.4 is 5.32 Å². The fourth-order valence-corrected chi connectivity index (χ4v) is 3.09. The number of aryl methyl sites for hydroxylation is 1. The van der Waals surface area contributed by atoms with Gasteiger partial charge in [0.05, 0.1) is 11.4 Å². The van der Waals surface area contributed by atoms with Gasteiger partial charge in [0.2, 0.25) is 0 Å². The maximum atomic E-state index is 4.77. The van der Waals surface area contributed by atoms with Gasteiger partial charge in [-0.15, -0.1) is 0 Å². The van der Waals surface area contributed by atoms with Gasteiger partial charge < -0.3 is 5.32 Å². The molecule has 1 aliphatic heterocycles. The average molecular weight is 202 g/mol. The Labute approximate surface area is 91.1 Å². The predicted octanol–water partition coefficient (Wildman–Crippen LogP) is 3.02. The molecule has 0 radical (unpaired) electrons. The first-order chi connectivity index (χ1) is 7.30. The summed E-state index contributed by atoms with van der Waals surface area (Å²) in [5.41, 5.74) is 4.16. The molecule has 0 aromatic carbocycles. The zero-order valence-electron chi connectivity index (χ0n) is 9.34. The Morgan fingerprint density at radius 3 is 2.80 bits per heavy atom. The van der Waals surface area contributed by atoms with Gasteiger partial charge in [-0.3, -0.25) is 4.98 Å². The van der Waals surface area contributed by atoms with Gasteiger partial charge in [0.25, 0.3) is 0 Å². The summed E-state index contributed by atoms with van der Waals surface area (Å²) in [6.45, 7) is 3.20. The van der Waals surface area contributed by atoms with Crippen LogP contribution in [-0.4, -0.2) is 11.5 Å². The van der Waals surface area contributed by atoms with Crippen LogP contribution in [0.3, 0.4) is 0 Å². The second-order valence-electron chi connectivity index (χ2n) is 5.04. The highest BCUT2D eigenvalue weighted by Crippen LogP contribution is 2.45. The summed E-state index contributed by atoms with van der Waals surface area (Å²) in [4.78, 5) is 4.77. The number of rotatable bonds is 0. The summed E-state index contributed by atoms with van der Waals surface area (Å²) in [7, 11) is 0. The Morgan fingerprint density at radius 1 is 1.20 bits per heavy atom. The van der Waals surface area contributed by atoms with Gasteiger partial charge in [0.1, 0.15) is 0 Å². The first-order valence-electron chi connectivity index (χ1n) is 6.02. The molecule has 80 valence electrons. The van der Waals surface area contributed by atoms with Crippen molar-refractivity contribution >= 4 is 5.69 Å². The molecule has 1 saturated carbocycles. The van der Waals surface area contributed by atoms with Crippen LogP contribution in [0, 0.1) is 6.92 Å². The third-order valence-corrected chi connectivity index (χ3v) is 3.96. The highest BCUT2D eigenvalue weighted by Gasteiger charge is 2.40. The van der Waals surface area contributed by atoms with E-state index in [0.29, 0.717) is 5.41 Å². The van der Waals surface area contributed by atoms with Crippen LogP contribution in [0.15, 0.2) is 12.1 Å². The molecular formula is C13H18N2. The zero-order valence-corrected chi connectivity index (χ0v) is 9.34. The zero-order chi connectivity index (χ0) is 10.3. The summed E-state index contributed by atoms with van der Waals surface area (Å²) in [5, 5.41) is 3.53. The minimum absolute atomic E-state index is 0.375. The van der Waals surface area contributed by atoms with E-state index >= 15 is 0 Å². The second kappa shape index (κ2) is 3.22. The summed E-state index contributed by atoms with van der Waals surface area (Å²) in [6.07, 6.45) is 6.79. The van der Waals surface area contributed by atoms with Crippen LogP contribution in [0.4, 0.5) is 5.69 Å². The largest absolute Gasteiger partial charge is 0.383 e. The van der Waals surface area contributed by atoms with Gasteiger partial charge in [-0.2, -0.15) is 0 Å².